The van der Waals surface area contributed by atoms with Gasteiger partial charge in [0.1, 0.15) is 30.1 Å². The van der Waals surface area contributed by atoms with Crippen LogP contribution in [0.25, 0.3) is 0 Å². The van der Waals surface area contributed by atoms with E-state index in [1.165, 1.54) is 6.08 Å². The molecule has 0 aliphatic heterocycles. The molecular formula is C22H23Cl4NO3. The highest BCUT2D eigenvalue weighted by molar-refractivity contribution is 6.55. The molecule has 30 heavy (non-hydrogen) atoms. The molecule has 4 nitrogen and oxygen atoms in total. The standard InChI is InChI=1S/C22H23Cl4NO3/c1-14(2)12-30-27-15(3)17-6-4-16(5-7-17)13-29-22-19(23)10-18(11-20(22)24)28-9-8-21(25)26/h4-8,10-11,14H,9,12-13H2,1-3H3. The summed E-state index contributed by atoms with van der Waals surface area (Å²) in [4.78, 5) is 5.33. The van der Waals surface area contributed by atoms with E-state index in [1.54, 1.807) is 12.1 Å². The number of hydrogen-bond donors (Lipinski definition) is 0. The van der Waals surface area contributed by atoms with Crippen molar-refractivity contribution in [3.8, 4) is 11.5 Å². The van der Waals surface area contributed by atoms with E-state index < -0.39 is 0 Å². The zero-order valence-corrected chi connectivity index (χ0v) is 19.9. The van der Waals surface area contributed by atoms with Crippen molar-refractivity contribution in [3.63, 3.8) is 0 Å². The molecule has 2 aromatic carbocycles. The lowest BCUT2D eigenvalue weighted by molar-refractivity contribution is 0.118. The van der Waals surface area contributed by atoms with Crippen molar-refractivity contribution in [2.24, 2.45) is 11.1 Å². The third kappa shape index (κ3) is 8.27. The summed E-state index contributed by atoms with van der Waals surface area (Å²) < 4.78 is 11.4. The monoisotopic (exact) mass is 489 g/mol. The van der Waals surface area contributed by atoms with Gasteiger partial charge in [0.05, 0.1) is 15.8 Å². The van der Waals surface area contributed by atoms with E-state index in [9.17, 15) is 0 Å². The molecule has 0 N–H and O–H groups in total. The summed E-state index contributed by atoms with van der Waals surface area (Å²) in [5.74, 6) is 1.31. The first-order chi connectivity index (χ1) is 14.3. The van der Waals surface area contributed by atoms with Gasteiger partial charge in [-0.1, -0.05) is 89.7 Å². The van der Waals surface area contributed by atoms with Crippen LogP contribution in [0.3, 0.4) is 0 Å². The minimum Gasteiger partial charge on any atom is -0.489 e. The second-order valence-corrected chi connectivity index (χ2v) is 8.69. The number of ether oxygens (including phenoxy) is 2. The van der Waals surface area contributed by atoms with Crippen LogP contribution in [0, 0.1) is 5.92 Å². The molecule has 0 aromatic heterocycles. The Bertz CT molecular complexity index is 869. The van der Waals surface area contributed by atoms with Gasteiger partial charge in [-0.25, -0.2) is 0 Å². The topological polar surface area (TPSA) is 40.0 Å². The Kier molecular flexibility index (Phi) is 10.1. The average Bonchev–Trinajstić information content (AvgIpc) is 2.67. The minimum atomic E-state index is 0.128. The fraction of sp³-hybridized carbons (Fsp3) is 0.318. The molecule has 0 saturated heterocycles. The maximum absolute atomic E-state index is 6.29. The smallest absolute Gasteiger partial charge is 0.157 e. The van der Waals surface area contributed by atoms with Crippen LogP contribution in [0.2, 0.25) is 10.0 Å². The molecule has 0 fully saturated rings. The van der Waals surface area contributed by atoms with E-state index in [1.807, 2.05) is 31.2 Å². The molecule has 0 bridgehead atoms. The summed E-state index contributed by atoms with van der Waals surface area (Å²) in [5, 5.41) is 4.84. The van der Waals surface area contributed by atoms with Crippen molar-refractivity contribution in [2.75, 3.05) is 13.2 Å². The molecule has 0 heterocycles. The molecule has 0 aliphatic carbocycles. The number of benzene rings is 2. The molecule has 8 heteroatoms. The van der Waals surface area contributed by atoms with Crippen molar-refractivity contribution >= 4 is 52.1 Å². The summed E-state index contributed by atoms with van der Waals surface area (Å²) >= 11 is 23.7. The quantitative estimate of drug-likeness (QED) is 0.253. The second kappa shape index (κ2) is 12.3. The van der Waals surface area contributed by atoms with Crippen LogP contribution in [0.1, 0.15) is 31.9 Å². The Morgan fingerprint density at radius 3 is 2.23 bits per heavy atom. The molecule has 0 radical (unpaired) electrons. The fourth-order valence-corrected chi connectivity index (χ4v) is 2.99. The zero-order valence-electron chi connectivity index (χ0n) is 16.9. The van der Waals surface area contributed by atoms with Crippen LogP contribution < -0.4 is 9.47 Å². The highest BCUT2D eigenvalue weighted by Gasteiger charge is 2.11. The Hall–Kier alpha value is -1.59. The van der Waals surface area contributed by atoms with E-state index >= 15 is 0 Å². The predicted octanol–water partition coefficient (Wildman–Crippen LogP) is 7.67. The first kappa shape index (κ1) is 24.7. The average molecular weight is 491 g/mol. The first-order valence-electron chi connectivity index (χ1n) is 9.28. The summed E-state index contributed by atoms with van der Waals surface area (Å²) in [5.41, 5.74) is 2.75. The third-order valence-electron chi connectivity index (χ3n) is 3.82. The van der Waals surface area contributed by atoms with Gasteiger partial charge < -0.3 is 14.3 Å². The van der Waals surface area contributed by atoms with Gasteiger partial charge in [-0.3, -0.25) is 0 Å². The second-order valence-electron chi connectivity index (χ2n) is 6.87. The predicted molar refractivity (Wildman–Crippen MR) is 126 cm³/mol. The van der Waals surface area contributed by atoms with Gasteiger partial charge in [-0.2, -0.15) is 0 Å². The van der Waals surface area contributed by atoms with Gasteiger partial charge in [0.2, 0.25) is 0 Å². The SMILES string of the molecule is CC(=NOCC(C)C)c1ccc(COc2c(Cl)cc(OCC=C(Cl)Cl)cc2Cl)cc1. The molecule has 0 amide bonds. The lowest BCUT2D eigenvalue weighted by Gasteiger charge is -2.12. The van der Waals surface area contributed by atoms with E-state index in [2.05, 4.69) is 19.0 Å². The number of hydrogen-bond acceptors (Lipinski definition) is 4. The lowest BCUT2D eigenvalue weighted by Crippen LogP contribution is -2.02. The highest BCUT2D eigenvalue weighted by atomic mass is 35.5. The fourth-order valence-electron chi connectivity index (χ4n) is 2.29. The van der Waals surface area contributed by atoms with E-state index in [4.69, 9.17) is 60.7 Å². The number of nitrogens with zero attached hydrogens (tertiary/aromatic N) is 1. The first-order valence-corrected chi connectivity index (χ1v) is 10.8. The summed E-state index contributed by atoms with van der Waals surface area (Å²) in [6.45, 7) is 7.16. The molecule has 0 atom stereocenters. The minimum absolute atomic E-state index is 0.128. The Morgan fingerprint density at radius 1 is 1.03 bits per heavy atom. The summed E-state index contributed by atoms with van der Waals surface area (Å²) in [7, 11) is 0. The van der Waals surface area contributed by atoms with Gasteiger partial charge in [-0.05, 0) is 30.0 Å². The van der Waals surface area contributed by atoms with Crippen molar-refractivity contribution in [3.05, 3.63) is 68.1 Å². The van der Waals surface area contributed by atoms with Crippen molar-refractivity contribution in [1.29, 1.82) is 0 Å². The number of oxime groups is 1. The maximum Gasteiger partial charge on any atom is 0.157 e. The molecule has 2 rings (SSSR count). The molecule has 0 unspecified atom stereocenters. The maximum atomic E-state index is 6.29. The van der Waals surface area contributed by atoms with Gasteiger partial charge in [0.15, 0.2) is 5.75 Å². The Morgan fingerprint density at radius 2 is 1.67 bits per heavy atom. The van der Waals surface area contributed by atoms with Crippen LogP contribution >= 0.6 is 46.4 Å². The molecule has 0 spiro atoms. The molecule has 0 saturated carbocycles. The van der Waals surface area contributed by atoms with E-state index in [0.29, 0.717) is 40.7 Å². The Balaban J connectivity index is 1.97. The van der Waals surface area contributed by atoms with Gasteiger partial charge >= 0.3 is 0 Å². The van der Waals surface area contributed by atoms with Crippen LogP contribution in [0.4, 0.5) is 0 Å². The van der Waals surface area contributed by atoms with Gasteiger partial charge in [0.25, 0.3) is 0 Å². The normalized spacial score (nSPS) is 11.4. The zero-order chi connectivity index (χ0) is 22.1. The number of rotatable bonds is 10. The van der Waals surface area contributed by atoms with Crippen molar-refractivity contribution in [2.45, 2.75) is 27.4 Å². The molecule has 0 aliphatic rings. The number of halogens is 4. The highest BCUT2D eigenvalue weighted by Crippen LogP contribution is 2.37. The lowest BCUT2D eigenvalue weighted by atomic mass is 10.1. The van der Waals surface area contributed by atoms with Gasteiger partial charge in [0, 0.05) is 12.1 Å². The molecular weight excluding hydrogens is 468 g/mol. The third-order valence-corrected chi connectivity index (χ3v) is 4.69. The van der Waals surface area contributed by atoms with E-state index in [-0.39, 0.29) is 11.1 Å². The summed E-state index contributed by atoms with van der Waals surface area (Å²) in [6, 6.07) is 11.1. The van der Waals surface area contributed by atoms with Crippen LogP contribution in [0.15, 0.2) is 52.1 Å². The summed E-state index contributed by atoms with van der Waals surface area (Å²) in [6.07, 6.45) is 1.52. The van der Waals surface area contributed by atoms with Gasteiger partial charge in [-0.15, -0.1) is 0 Å². The molecule has 162 valence electrons. The van der Waals surface area contributed by atoms with Crippen LogP contribution in [-0.2, 0) is 11.4 Å². The van der Waals surface area contributed by atoms with Crippen LogP contribution in [0.5, 0.6) is 11.5 Å². The molecule has 2 aromatic rings. The van der Waals surface area contributed by atoms with Crippen LogP contribution in [-0.4, -0.2) is 18.9 Å². The largest absolute Gasteiger partial charge is 0.489 e. The van der Waals surface area contributed by atoms with Crippen molar-refractivity contribution < 1.29 is 14.3 Å². The van der Waals surface area contributed by atoms with Crippen molar-refractivity contribution in [1.82, 2.24) is 0 Å². The Labute approximate surface area is 197 Å². The van der Waals surface area contributed by atoms with E-state index in [0.717, 1.165) is 16.8 Å².